The number of Topliss-reactive ketones (excluding diaryl/α,β-unsaturated/α-hetero) is 1. The summed E-state index contributed by atoms with van der Waals surface area (Å²) in [6, 6.07) is 16.4. The maximum absolute atomic E-state index is 13.5. The second kappa shape index (κ2) is 11.7. The van der Waals surface area contributed by atoms with Crippen LogP contribution in [0, 0.1) is 0 Å². The summed E-state index contributed by atoms with van der Waals surface area (Å²) in [6.45, 7) is 4.55. The minimum absolute atomic E-state index is 0.00560. The van der Waals surface area contributed by atoms with Gasteiger partial charge >= 0.3 is 0 Å². The number of ether oxygens (including phenoxy) is 1. The molecule has 4 rings (SSSR count). The first-order valence-electron chi connectivity index (χ1n) is 11.8. The number of benzene rings is 2. The van der Waals surface area contributed by atoms with E-state index in [-0.39, 0.29) is 59.6 Å². The minimum atomic E-state index is -4.19. The topological polar surface area (TPSA) is 118 Å². The zero-order valence-corrected chi connectivity index (χ0v) is 22.8. The lowest BCUT2D eigenvalue weighted by Gasteiger charge is -2.34. The molecule has 0 unspecified atom stereocenters. The smallest absolute Gasteiger partial charge is 0.295 e. The van der Waals surface area contributed by atoms with E-state index in [9.17, 15) is 22.8 Å². The second-order valence-electron chi connectivity index (χ2n) is 8.57. The van der Waals surface area contributed by atoms with Gasteiger partial charge in [0, 0.05) is 37.9 Å². The van der Waals surface area contributed by atoms with Gasteiger partial charge in [-0.05, 0) is 37.1 Å². The van der Waals surface area contributed by atoms with Crippen molar-refractivity contribution in [3.05, 3.63) is 95.8 Å². The Labute approximate surface area is 231 Å². The van der Waals surface area contributed by atoms with Gasteiger partial charge in [-0.2, -0.15) is 0 Å². The Bertz CT molecular complexity index is 1540. The van der Waals surface area contributed by atoms with Gasteiger partial charge in [-0.3, -0.25) is 14.4 Å². The van der Waals surface area contributed by atoms with Gasteiger partial charge in [0.1, 0.15) is 5.76 Å². The molecule has 202 valence electrons. The highest BCUT2D eigenvalue weighted by Crippen LogP contribution is 2.29. The predicted octanol–water partition coefficient (Wildman–Crippen LogP) is 2.77. The molecular weight excluding hydrogens is 540 g/mol. The number of piperazine rings is 1. The summed E-state index contributed by atoms with van der Waals surface area (Å²) in [5.74, 6) is -1.97. The number of thiol groups is 1. The van der Waals surface area contributed by atoms with Crippen LogP contribution < -0.4 is 0 Å². The number of ketones is 1. The summed E-state index contributed by atoms with van der Waals surface area (Å²) in [6.07, 6.45) is 2.21. The number of hydrogen-bond donors (Lipinski definition) is 1. The Morgan fingerprint density at radius 1 is 0.949 bits per heavy atom. The van der Waals surface area contributed by atoms with Crippen molar-refractivity contribution in [1.82, 2.24) is 13.8 Å². The fourth-order valence-electron chi connectivity index (χ4n) is 4.28. The summed E-state index contributed by atoms with van der Waals surface area (Å²) in [7, 11) is -2.88. The Morgan fingerprint density at radius 3 is 2.08 bits per heavy atom. The van der Waals surface area contributed by atoms with Crippen LogP contribution in [0.1, 0.15) is 32.0 Å². The van der Waals surface area contributed by atoms with Crippen molar-refractivity contribution in [2.24, 2.45) is 4.40 Å². The molecule has 0 N–H and O–H groups in total. The van der Waals surface area contributed by atoms with E-state index >= 15 is 0 Å². The van der Waals surface area contributed by atoms with Crippen LogP contribution in [0.3, 0.4) is 0 Å². The molecule has 0 aliphatic carbocycles. The van der Waals surface area contributed by atoms with E-state index in [0.29, 0.717) is 5.56 Å². The fraction of sp³-hybridized carbons (Fsp3) is 0.185. The van der Waals surface area contributed by atoms with E-state index in [2.05, 4.69) is 23.8 Å². The van der Waals surface area contributed by atoms with Gasteiger partial charge in [0.15, 0.2) is 0 Å². The number of methoxy groups -OCH3 is 1. The van der Waals surface area contributed by atoms with Crippen LogP contribution in [0.5, 0.6) is 0 Å². The van der Waals surface area contributed by atoms with Gasteiger partial charge < -0.3 is 14.5 Å². The number of rotatable bonds is 8. The zero-order chi connectivity index (χ0) is 28.2. The Balaban J connectivity index is 1.65. The minimum Gasteiger partial charge on any atom is -0.497 e. The summed E-state index contributed by atoms with van der Waals surface area (Å²) >= 11 is 3.84. The van der Waals surface area contributed by atoms with E-state index < -0.39 is 21.7 Å². The fourth-order valence-corrected chi connectivity index (χ4v) is 5.76. The Hall–Kier alpha value is -4.16. The molecule has 0 saturated carbocycles. The lowest BCUT2D eigenvalue weighted by atomic mass is 10.0. The van der Waals surface area contributed by atoms with E-state index in [0.717, 1.165) is 16.4 Å². The van der Waals surface area contributed by atoms with E-state index in [1.54, 1.807) is 47.4 Å². The summed E-state index contributed by atoms with van der Waals surface area (Å²) in [5.41, 5.74) is 0.286. The predicted molar refractivity (Wildman–Crippen MR) is 149 cm³/mol. The number of carbonyl (C=O) groups excluding carboxylic acids is 3. The van der Waals surface area contributed by atoms with Crippen LogP contribution in [-0.4, -0.2) is 79.3 Å². The average Bonchev–Trinajstić information content (AvgIpc) is 3.36. The largest absolute Gasteiger partial charge is 0.497 e. The highest BCUT2D eigenvalue weighted by atomic mass is 32.2. The van der Waals surface area contributed by atoms with Crippen molar-refractivity contribution < 1.29 is 27.5 Å². The highest BCUT2D eigenvalue weighted by Gasteiger charge is 2.34. The summed E-state index contributed by atoms with van der Waals surface area (Å²) in [4.78, 5) is 42.5. The average molecular weight is 567 g/mol. The highest BCUT2D eigenvalue weighted by molar-refractivity contribution is 7.90. The maximum atomic E-state index is 13.5. The lowest BCUT2D eigenvalue weighted by Crippen LogP contribution is -2.52. The van der Waals surface area contributed by atoms with Gasteiger partial charge in [0.25, 0.3) is 27.6 Å². The molecule has 0 atom stereocenters. The summed E-state index contributed by atoms with van der Waals surface area (Å²) in [5, 5.41) is 0. The van der Waals surface area contributed by atoms with Crippen LogP contribution >= 0.6 is 12.8 Å². The molecule has 1 saturated heterocycles. The van der Waals surface area contributed by atoms with Gasteiger partial charge in [-0.1, -0.05) is 43.0 Å². The van der Waals surface area contributed by atoms with Crippen LogP contribution in [0.25, 0.3) is 5.76 Å². The Kier molecular flexibility index (Phi) is 8.36. The maximum Gasteiger partial charge on any atom is 0.295 e. The quantitative estimate of drug-likeness (QED) is 0.147. The van der Waals surface area contributed by atoms with Gasteiger partial charge in [-0.15, -0.1) is 0 Å². The van der Waals surface area contributed by atoms with Crippen molar-refractivity contribution in [3.63, 3.8) is 0 Å². The molecule has 0 bridgehead atoms. The summed E-state index contributed by atoms with van der Waals surface area (Å²) < 4.78 is 36.7. The van der Waals surface area contributed by atoms with Crippen molar-refractivity contribution in [1.29, 1.82) is 0 Å². The van der Waals surface area contributed by atoms with Crippen LogP contribution in [0.15, 0.2) is 82.7 Å². The van der Waals surface area contributed by atoms with Crippen LogP contribution in [0.4, 0.5) is 0 Å². The SMILES string of the molecule is C=C(OC)c1c(C(=O)C(=O)N2CCN(C(=O)c3ccccc3)CC2)cn(S(=O)(=O)c2ccccc2)c1/C=N/S. The molecule has 1 aromatic heterocycles. The lowest BCUT2D eigenvalue weighted by molar-refractivity contribution is -0.127. The molecule has 0 radical (unpaired) electrons. The van der Waals surface area contributed by atoms with Crippen LogP contribution in [-0.2, 0) is 19.6 Å². The molecule has 3 aromatic rings. The molecular formula is C27H26N4O6S2. The van der Waals surface area contributed by atoms with Gasteiger partial charge in [-0.25, -0.2) is 16.8 Å². The molecule has 1 fully saturated rings. The molecule has 12 heteroatoms. The molecule has 1 aliphatic rings. The normalized spacial score (nSPS) is 13.9. The molecule has 0 spiro atoms. The van der Waals surface area contributed by atoms with E-state index in [1.807, 2.05) is 6.07 Å². The van der Waals surface area contributed by atoms with Crippen molar-refractivity contribution in [3.8, 4) is 0 Å². The number of nitrogens with zero attached hydrogens (tertiary/aromatic N) is 4. The standard InChI is InChI=1S/C27H26N4O6S2/c1-19(37-2)24-22(18-31(23(24)17-28-38)39(35,36)21-11-7-4-8-12-21)25(32)27(34)30-15-13-29(14-16-30)26(33)20-9-5-3-6-10-20/h3-12,17-18,38H,1,13-16H2,2H3/b28-17+. The first kappa shape index (κ1) is 27.9. The molecule has 10 nitrogen and oxygen atoms in total. The zero-order valence-electron chi connectivity index (χ0n) is 21.1. The van der Waals surface area contributed by atoms with Crippen molar-refractivity contribution in [2.45, 2.75) is 4.90 Å². The number of carbonyl (C=O) groups is 3. The van der Waals surface area contributed by atoms with Crippen molar-refractivity contribution in [2.75, 3.05) is 33.3 Å². The first-order chi connectivity index (χ1) is 18.7. The molecule has 1 aliphatic heterocycles. The first-order valence-corrected chi connectivity index (χ1v) is 13.7. The third-order valence-corrected chi connectivity index (χ3v) is 8.13. The second-order valence-corrected chi connectivity index (χ2v) is 10.6. The third kappa shape index (κ3) is 5.52. The molecule has 2 heterocycles. The number of amides is 2. The number of aromatic nitrogens is 1. The van der Waals surface area contributed by atoms with Gasteiger partial charge in [0.2, 0.25) is 0 Å². The molecule has 2 amide bonds. The van der Waals surface area contributed by atoms with E-state index in [4.69, 9.17) is 4.74 Å². The molecule has 39 heavy (non-hydrogen) atoms. The Morgan fingerprint density at radius 2 is 1.51 bits per heavy atom. The number of hydrogen-bond acceptors (Lipinski definition) is 8. The van der Waals surface area contributed by atoms with Crippen LogP contribution in [0.2, 0.25) is 0 Å². The molecule has 2 aromatic carbocycles. The monoisotopic (exact) mass is 566 g/mol. The van der Waals surface area contributed by atoms with Crippen molar-refractivity contribution >= 4 is 52.4 Å². The van der Waals surface area contributed by atoms with E-state index in [1.165, 1.54) is 24.1 Å². The van der Waals surface area contributed by atoms with Gasteiger partial charge in [0.05, 0.1) is 35.0 Å². The third-order valence-electron chi connectivity index (χ3n) is 6.33.